The Kier molecular flexibility index (Phi) is 2.10. The highest BCUT2D eigenvalue weighted by Crippen LogP contribution is 2.15. The summed E-state index contributed by atoms with van der Waals surface area (Å²) in [6, 6.07) is 0. The van der Waals surface area contributed by atoms with E-state index in [1.807, 2.05) is 0 Å². The van der Waals surface area contributed by atoms with Gasteiger partial charge in [-0.2, -0.15) is 0 Å². The van der Waals surface area contributed by atoms with E-state index in [2.05, 4.69) is 31.1 Å². The predicted molar refractivity (Wildman–Crippen MR) is 44.0 cm³/mol. The van der Waals surface area contributed by atoms with E-state index >= 15 is 0 Å². The van der Waals surface area contributed by atoms with Gasteiger partial charge in [0.05, 0.1) is 6.34 Å². The zero-order valence-corrected chi connectivity index (χ0v) is 6.81. The molecule has 1 heterocycles. The lowest BCUT2D eigenvalue weighted by atomic mass is 10.0. The van der Waals surface area contributed by atoms with E-state index in [0.717, 1.165) is 6.54 Å². The van der Waals surface area contributed by atoms with Crippen molar-refractivity contribution in [1.29, 1.82) is 0 Å². The number of hydrogen-bond acceptors (Lipinski definition) is 2. The minimum Gasteiger partial charge on any atom is -0.372 e. The molecule has 1 aliphatic rings. The molecule has 0 atom stereocenters. The maximum absolute atomic E-state index is 4.18. The lowest BCUT2D eigenvalue weighted by molar-refractivity contribution is 0.706. The van der Waals surface area contributed by atoms with Gasteiger partial charge in [-0.1, -0.05) is 13.8 Å². The molecule has 0 aliphatic carbocycles. The normalized spacial score (nSPS) is 18.0. The summed E-state index contributed by atoms with van der Waals surface area (Å²) in [4.78, 5) is 4.18. The van der Waals surface area contributed by atoms with Crippen LogP contribution in [-0.2, 0) is 0 Å². The average molecular weight is 138 g/mol. The second-order valence-corrected chi connectivity index (χ2v) is 2.90. The summed E-state index contributed by atoms with van der Waals surface area (Å²) in [6.07, 6.45) is 1.77. The third kappa shape index (κ3) is 1.38. The summed E-state index contributed by atoms with van der Waals surface area (Å²) in [7, 11) is 0. The molecule has 56 valence electrons. The maximum Gasteiger partial charge on any atom is 0.0884 e. The number of rotatable bonds is 1. The molecule has 0 saturated heterocycles. The highest BCUT2D eigenvalue weighted by atomic mass is 15.0. The summed E-state index contributed by atoms with van der Waals surface area (Å²) in [5.74, 6) is 0.616. The second-order valence-electron chi connectivity index (χ2n) is 2.90. The van der Waals surface area contributed by atoms with Crippen molar-refractivity contribution in [2.45, 2.75) is 20.8 Å². The molecule has 10 heavy (non-hydrogen) atoms. The quantitative estimate of drug-likeness (QED) is 0.584. The Morgan fingerprint density at radius 1 is 1.60 bits per heavy atom. The van der Waals surface area contributed by atoms with Gasteiger partial charge < -0.3 is 5.32 Å². The van der Waals surface area contributed by atoms with Crippen molar-refractivity contribution in [2.75, 3.05) is 6.54 Å². The minimum absolute atomic E-state index is 0.616. The van der Waals surface area contributed by atoms with Crippen LogP contribution in [0.25, 0.3) is 0 Å². The number of allylic oxidation sites excluding steroid dienone is 1. The topological polar surface area (TPSA) is 24.4 Å². The molecule has 0 amide bonds. The van der Waals surface area contributed by atoms with Crippen molar-refractivity contribution in [3.63, 3.8) is 0 Å². The highest BCUT2D eigenvalue weighted by molar-refractivity contribution is 5.59. The van der Waals surface area contributed by atoms with E-state index in [1.165, 1.54) is 11.3 Å². The van der Waals surface area contributed by atoms with Crippen molar-refractivity contribution < 1.29 is 0 Å². The first-order valence-electron chi connectivity index (χ1n) is 3.67. The molecule has 0 saturated carbocycles. The minimum atomic E-state index is 0.616. The molecule has 0 aromatic rings. The number of aliphatic imine (C=N–C) groups is 1. The van der Waals surface area contributed by atoms with Gasteiger partial charge in [0.15, 0.2) is 0 Å². The summed E-state index contributed by atoms with van der Waals surface area (Å²) in [6.45, 7) is 7.42. The third-order valence-corrected chi connectivity index (χ3v) is 1.80. The molecule has 2 heteroatoms. The van der Waals surface area contributed by atoms with Gasteiger partial charge >= 0.3 is 0 Å². The van der Waals surface area contributed by atoms with E-state index in [1.54, 1.807) is 6.34 Å². The molecule has 0 aromatic heterocycles. The molecule has 2 nitrogen and oxygen atoms in total. The Bertz CT molecular complexity index is 178. The van der Waals surface area contributed by atoms with Crippen LogP contribution in [0.15, 0.2) is 16.3 Å². The van der Waals surface area contributed by atoms with Crippen LogP contribution in [0, 0.1) is 5.92 Å². The van der Waals surface area contributed by atoms with Crippen molar-refractivity contribution in [1.82, 2.24) is 5.32 Å². The van der Waals surface area contributed by atoms with E-state index in [4.69, 9.17) is 0 Å². The lowest BCUT2D eigenvalue weighted by Gasteiger charge is -2.16. The molecular formula is C8H14N2. The SMILES string of the molecule is CC1=C(C(C)C)CNC=N1. The number of nitrogens with one attached hydrogen (secondary N) is 1. The first-order chi connectivity index (χ1) is 4.72. The Balaban J connectivity index is 2.79. The van der Waals surface area contributed by atoms with Gasteiger partial charge in [0, 0.05) is 12.2 Å². The van der Waals surface area contributed by atoms with Gasteiger partial charge in [-0.25, -0.2) is 4.99 Å². The molecule has 1 aliphatic heterocycles. The molecule has 0 fully saturated rings. The predicted octanol–water partition coefficient (Wildman–Crippen LogP) is 1.55. The summed E-state index contributed by atoms with van der Waals surface area (Å²) in [5, 5.41) is 3.10. The molecule has 0 unspecified atom stereocenters. The number of hydrogen-bond donors (Lipinski definition) is 1. The van der Waals surface area contributed by atoms with Gasteiger partial charge in [0.1, 0.15) is 0 Å². The maximum atomic E-state index is 4.18. The molecule has 0 radical (unpaired) electrons. The molecular weight excluding hydrogens is 124 g/mol. The van der Waals surface area contributed by atoms with E-state index in [0.29, 0.717) is 5.92 Å². The molecule has 1 rings (SSSR count). The van der Waals surface area contributed by atoms with Gasteiger partial charge in [-0.3, -0.25) is 0 Å². The Labute approximate surface area is 62.0 Å². The van der Waals surface area contributed by atoms with Crippen molar-refractivity contribution in [3.05, 3.63) is 11.3 Å². The van der Waals surface area contributed by atoms with Crippen molar-refractivity contribution >= 4 is 6.34 Å². The fourth-order valence-corrected chi connectivity index (χ4v) is 1.13. The highest BCUT2D eigenvalue weighted by Gasteiger charge is 2.08. The Morgan fingerprint density at radius 2 is 2.30 bits per heavy atom. The standard InChI is InChI=1S/C8H14N2/c1-6(2)8-4-9-5-10-7(8)3/h5-6H,4H2,1-3H3,(H,9,10). The van der Waals surface area contributed by atoms with Crippen LogP contribution in [0.2, 0.25) is 0 Å². The van der Waals surface area contributed by atoms with Crippen LogP contribution < -0.4 is 5.32 Å². The second kappa shape index (κ2) is 2.86. The fourth-order valence-electron chi connectivity index (χ4n) is 1.13. The monoisotopic (exact) mass is 138 g/mol. The third-order valence-electron chi connectivity index (χ3n) is 1.80. The van der Waals surface area contributed by atoms with Crippen molar-refractivity contribution in [3.8, 4) is 0 Å². The lowest BCUT2D eigenvalue weighted by Crippen LogP contribution is -2.22. The first kappa shape index (κ1) is 7.32. The van der Waals surface area contributed by atoms with Crippen LogP contribution in [0.1, 0.15) is 20.8 Å². The van der Waals surface area contributed by atoms with E-state index < -0.39 is 0 Å². The smallest absolute Gasteiger partial charge is 0.0884 e. The summed E-state index contributed by atoms with van der Waals surface area (Å²) in [5.41, 5.74) is 2.59. The molecule has 1 N–H and O–H groups in total. The zero-order chi connectivity index (χ0) is 7.56. The summed E-state index contributed by atoms with van der Waals surface area (Å²) >= 11 is 0. The summed E-state index contributed by atoms with van der Waals surface area (Å²) < 4.78 is 0. The van der Waals surface area contributed by atoms with Crippen LogP contribution >= 0.6 is 0 Å². The van der Waals surface area contributed by atoms with Crippen molar-refractivity contribution in [2.24, 2.45) is 10.9 Å². The van der Waals surface area contributed by atoms with E-state index in [-0.39, 0.29) is 0 Å². The van der Waals surface area contributed by atoms with Crippen LogP contribution in [0.4, 0.5) is 0 Å². The first-order valence-corrected chi connectivity index (χ1v) is 3.67. The Hall–Kier alpha value is -0.790. The number of nitrogens with zero attached hydrogens (tertiary/aromatic N) is 1. The average Bonchev–Trinajstić information content (AvgIpc) is 1.88. The van der Waals surface area contributed by atoms with Gasteiger partial charge in [-0.15, -0.1) is 0 Å². The van der Waals surface area contributed by atoms with E-state index in [9.17, 15) is 0 Å². The largest absolute Gasteiger partial charge is 0.372 e. The fraction of sp³-hybridized carbons (Fsp3) is 0.625. The molecule has 0 spiro atoms. The molecule has 0 aromatic carbocycles. The van der Waals surface area contributed by atoms with Crippen LogP contribution in [-0.4, -0.2) is 12.9 Å². The Morgan fingerprint density at radius 3 is 2.70 bits per heavy atom. The van der Waals surface area contributed by atoms with Gasteiger partial charge in [-0.05, 0) is 18.4 Å². The van der Waals surface area contributed by atoms with Gasteiger partial charge in [0.2, 0.25) is 0 Å². The van der Waals surface area contributed by atoms with Crippen LogP contribution in [0.3, 0.4) is 0 Å². The van der Waals surface area contributed by atoms with Crippen LogP contribution in [0.5, 0.6) is 0 Å². The van der Waals surface area contributed by atoms with Gasteiger partial charge in [0.25, 0.3) is 0 Å². The molecule has 0 bridgehead atoms. The zero-order valence-electron chi connectivity index (χ0n) is 6.81.